The first kappa shape index (κ1) is 19.2. The van der Waals surface area contributed by atoms with Gasteiger partial charge < -0.3 is 4.74 Å². The summed E-state index contributed by atoms with van der Waals surface area (Å²) in [5.41, 5.74) is 0. The van der Waals surface area contributed by atoms with E-state index in [1.54, 1.807) is 6.92 Å². The summed E-state index contributed by atoms with van der Waals surface area (Å²) in [6, 6.07) is 0. The van der Waals surface area contributed by atoms with Crippen LogP contribution in [0.3, 0.4) is 0 Å². The fourth-order valence-electron chi connectivity index (χ4n) is 3.32. The quantitative estimate of drug-likeness (QED) is 0.528. The Hall–Kier alpha value is -0.860. The maximum absolute atomic E-state index is 12.5. The fraction of sp³-hybridized carbons (Fsp3) is 0.895. The molecule has 3 nitrogen and oxygen atoms in total. The first-order valence-electron chi connectivity index (χ1n) is 9.34. The Morgan fingerprint density at radius 3 is 2.00 bits per heavy atom. The molecule has 1 aliphatic carbocycles. The molecule has 0 aromatic carbocycles. The molecule has 1 saturated carbocycles. The summed E-state index contributed by atoms with van der Waals surface area (Å²) in [5.74, 6) is -0.341. The molecule has 3 heteroatoms. The fourth-order valence-corrected chi connectivity index (χ4v) is 3.32. The van der Waals surface area contributed by atoms with Crippen molar-refractivity contribution in [1.29, 1.82) is 0 Å². The van der Waals surface area contributed by atoms with E-state index in [9.17, 15) is 9.59 Å². The van der Waals surface area contributed by atoms with Crippen LogP contribution in [0.25, 0.3) is 0 Å². The average Bonchev–Trinajstić information content (AvgIpc) is 2.48. The molecule has 0 saturated heterocycles. The standard InChI is InChI=1S/C19H34O3/c1-3-22-19(21)17-14-12-10-8-6-4-5-7-9-11-13-16(2)15-18(17)20/h16-17H,3-15H2,1-2H3/t16-,17?/m1/s1. The first-order valence-corrected chi connectivity index (χ1v) is 9.34. The van der Waals surface area contributed by atoms with Crippen molar-refractivity contribution >= 4 is 11.8 Å². The molecule has 2 atom stereocenters. The molecule has 1 rings (SSSR count). The lowest BCUT2D eigenvalue weighted by atomic mass is 9.89. The number of hydrogen-bond acceptors (Lipinski definition) is 3. The number of Topliss-reactive ketones (excluding diaryl/α,β-unsaturated/α-hetero) is 1. The van der Waals surface area contributed by atoms with Crippen LogP contribution >= 0.6 is 0 Å². The van der Waals surface area contributed by atoms with Crippen LogP contribution in [0.4, 0.5) is 0 Å². The van der Waals surface area contributed by atoms with E-state index in [4.69, 9.17) is 4.74 Å². The van der Waals surface area contributed by atoms with Crippen molar-refractivity contribution in [2.75, 3.05) is 6.61 Å². The molecule has 1 aliphatic rings. The van der Waals surface area contributed by atoms with E-state index in [0.29, 0.717) is 25.4 Å². The highest BCUT2D eigenvalue weighted by molar-refractivity contribution is 5.99. The lowest BCUT2D eigenvalue weighted by Gasteiger charge is -2.17. The third-order valence-corrected chi connectivity index (χ3v) is 4.70. The topological polar surface area (TPSA) is 43.4 Å². The molecule has 0 N–H and O–H groups in total. The third kappa shape index (κ3) is 7.95. The van der Waals surface area contributed by atoms with Crippen LogP contribution in [-0.2, 0) is 14.3 Å². The second-order valence-corrected chi connectivity index (χ2v) is 6.84. The number of ketones is 1. The number of esters is 1. The van der Waals surface area contributed by atoms with Crippen LogP contribution in [0.2, 0.25) is 0 Å². The zero-order valence-corrected chi connectivity index (χ0v) is 14.6. The van der Waals surface area contributed by atoms with Gasteiger partial charge in [-0.2, -0.15) is 0 Å². The van der Waals surface area contributed by atoms with Gasteiger partial charge in [-0.25, -0.2) is 0 Å². The van der Waals surface area contributed by atoms with Gasteiger partial charge in [0.2, 0.25) is 0 Å². The van der Waals surface area contributed by atoms with Gasteiger partial charge >= 0.3 is 5.97 Å². The molecular weight excluding hydrogens is 276 g/mol. The van der Waals surface area contributed by atoms with Crippen molar-refractivity contribution in [2.45, 2.75) is 90.9 Å². The summed E-state index contributed by atoms with van der Waals surface area (Å²) in [6.07, 6.45) is 13.4. The predicted molar refractivity (Wildman–Crippen MR) is 89.7 cm³/mol. The Bertz CT molecular complexity index is 325. The third-order valence-electron chi connectivity index (χ3n) is 4.70. The van der Waals surface area contributed by atoms with Crippen LogP contribution in [0.1, 0.15) is 90.9 Å². The van der Waals surface area contributed by atoms with Crippen molar-refractivity contribution < 1.29 is 14.3 Å². The molecule has 128 valence electrons. The van der Waals surface area contributed by atoms with Crippen LogP contribution in [0.5, 0.6) is 0 Å². The Labute approximate surface area is 136 Å². The van der Waals surface area contributed by atoms with Crippen molar-refractivity contribution in [3.8, 4) is 0 Å². The van der Waals surface area contributed by atoms with Gasteiger partial charge in [-0.05, 0) is 19.3 Å². The summed E-state index contributed by atoms with van der Waals surface area (Å²) in [4.78, 5) is 24.5. The van der Waals surface area contributed by atoms with E-state index >= 15 is 0 Å². The minimum Gasteiger partial charge on any atom is -0.465 e. The number of rotatable bonds is 2. The van der Waals surface area contributed by atoms with Gasteiger partial charge in [0.25, 0.3) is 0 Å². The number of carbonyl (C=O) groups is 2. The maximum Gasteiger partial charge on any atom is 0.316 e. The highest BCUT2D eigenvalue weighted by Crippen LogP contribution is 2.22. The largest absolute Gasteiger partial charge is 0.465 e. The molecule has 0 aromatic heterocycles. The molecule has 0 aliphatic heterocycles. The highest BCUT2D eigenvalue weighted by atomic mass is 16.5. The number of hydrogen-bond donors (Lipinski definition) is 0. The molecule has 0 bridgehead atoms. The lowest BCUT2D eigenvalue weighted by Crippen LogP contribution is -2.27. The number of carbonyl (C=O) groups excluding carboxylic acids is 2. The Morgan fingerprint density at radius 1 is 0.955 bits per heavy atom. The normalized spacial score (nSPS) is 26.7. The van der Waals surface area contributed by atoms with E-state index in [1.807, 2.05) is 0 Å². The van der Waals surface area contributed by atoms with Gasteiger partial charge in [-0.1, -0.05) is 71.1 Å². The summed E-state index contributed by atoms with van der Waals surface area (Å²) < 4.78 is 5.12. The second-order valence-electron chi connectivity index (χ2n) is 6.84. The van der Waals surface area contributed by atoms with Gasteiger partial charge in [0.1, 0.15) is 11.7 Å². The van der Waals surface area contributed by atoms with E-state index in [-0.39, 0.29) is 11.8 Å². The molecule has 0 spiro atoms. The van der Waals surface area contributed by atoms with E-state index in [0.717, 1.165) is 19.3 Å². The van der Waals surface area contributed by atoms with Crippen LogP contribution in [0, 0.1) is 11.8 Å². The van der Waals surface area contributed by atoms with Gasteiger partial charge in [0.15, 0.2) is 0 Å². The van der Waals surface area contributed by atoms with Crippen molar-refractivity contribution in [3.05, 3.63) is 0 Å². The summed E-state index contributed by atoms with van der Waals surface area (Å²) in [6.45, 7) is 4.30. The zero-order chi connectivity index (χ0) is 16.2. The monoisotopic (exact) mass is 310 g/mol. The molecular formula is C19H34O3. The molecule has 0 radical (unpaired) electrons. The minimum atomic E-state index is -0.521. The van der Waals surface area contributed by atoms with Crippen LogP contribution in [-0.4, -0.2) is 18.4 Å². The van der Waals surface area contributed by atoms with Gasteiger partial charge in [0.05, 0.1) is 6.61 Å². The van der Waals surface area contributed by atoms with Crippen LogP contribution in [0.15, 0.2) is 0 Å². The first-order chi connectivity index (χ1) is 10.6. The van der Waals surface area contributed by atoms with Crippen molar-refractivity contribution in [1.82, 2.24) is 0 Å². The SMILES string of the molecule is CCOC(=O)C1CCCCCCCCCCC[C@@H](C)CC1=O. The maximum atomic E-state index is 12.5. The molecule has 1 fully saturated rings. The average molecular weight is 310 g/mol. The van der Waals surface area contributed by atoms with Gasteiger partial charge in [0, 0.05) is 6.42 Å². The van der Waals surface area contributed by atoms with Gasteiger partial charge in [-0.3, -0.25) is 9.59 Å². The second kappa shape index (κ2) is 11.7. The van der Waals surface area contributed by atoms with E-state index in [2.05, 4.69) is 6.92 Å². The smallest absolute Gasteiger partial charge is 0.316 e. The van der Waals surface area contributed by atoms with Crippen molar-refractivity contribution in [3.63, 3.8) is 0 Å². The predicted octanol–water partition coefficient (Wildman–Crippen LogP) is 5.07. The highest BCUT2D eigenvalue weighted by Gasteiger charge is 2.28. The number of ether oxygens (including phenoxy) is 1. The summed E-state index contributed by atoms with van der Waals surface area (Å²) in [5, 5.41) is 0. The zero-order valence-electron chi connectivity index (χ0n) is 14.6. The minimum absolute atomic E-state index is 0.0980. The van der Waals surface area contributed by atoms with Crippen LogP contribution < -0.4 is 0 Å². The Morgan fingerprint density at radius 2 is 1.45 bits per heavy atom. The molecule has 0 amide bonds. The molecule has 1 unspecified atom stereocenters. The molecule has 0 aromatic rings. The molecule has 0 heterocycles. The molecule has 22 heavy (non-hydrogen) atoms. The Balaban J connectivity index is 2.59. The van der Waals surface area contributed by atoms with E-state index < -0.39 is 5.92 Å². The lowest BCUT2D eigenvalue weighted by molar-refractivity contribution is -0.152. The summed E-state index contributed by atoms with van der Waals surface area (Å²) >= 11 is 0. The summed E-state index contributed by atoms with van der Waals surface area (Å²) in [7, 11) is 0. The van der Waals surface area contributed by atoms with Gasteiger partial charge in [-0.15, -0.1) is 0 Å². The van der Waals surface area contributed by atoms with Crippen molar-refractivity contribution in [2.24, 2.45) is 11.8 Å². The van der Waals surface area contributed by atoms with E-state index in [1.165, 1.54) is 44.9 Å². The Kier molecular flexibility index (Phi) is 10.2.